The predicted octanol–water partition coefficient (Wildman–Crippen LogP) is 2.58. The second-order valence-corrected chi connectivity index (χ2v) is 9.02. The van der Waals surface area contributed by atoms with E-state index in [4.69, 9.17) is 9.73 Å². The second-order valence-electron chi connectivity index (χ2n) is 6.76. The van der Waals surface area contributed by atoms with Crippen molar-refractivity contribution in [3.05, 3.63) is 0 Å². The van der Waals surface area contributed by atoms with Crippen LogP contribution in [0.25, 0.3) is 0 Å². The van der Waals surface area contributed by atoms with Crippen molar-refractivity contribution < 1.29 is 13.2 Å². The number of hydrogen-bond donors (Lipinski definition) is 2. The van der Waals surface area contributed by atoms with E-state index in [-0.39, 0.29) is 35.1 Å². The maximum absolute atomic E-state index is 11.2. The Morgan fingerprint density at radius 1 is 1.20 bits per heavy atom. The molecule has 150 valence electrons. The van der Waals surface area contributed by atoms with Crippen LogP contribution in [0.1, 0.15) is 52.4 Å². The summed E-state index contributed by atoms with van der Waals surface area (Å²) in [4.78, 5) is 4.77. The van der Waals surface area contributed by atoms with Gasteiger partial charge in [-0.15, -0.1) is 24.0 Å². The predicted molar refractivity (Wildman–Crippen MR) is 116 cm³/mol. The topological polar surface area (TPSA) is 79.8 Å². The number of hydrogen-bond acceptors (Lipinski definition) is 4. The summed E-state index contributed by atoms with van der Waals surface area (Å²) >= 11 is 0. The van der Waals surface area contributed by atoms with Gasteiger partial charge in [-0.25, -0.2) is 8.42 Å². The van der Waals surface area contributed by atoms with E-state index in [1.807, 2.05) is 13.8 Å². The van der Waals surface area contributed by atoms with Gasteiger partial charge < -0.3 is 15.4 Å². The van der Waals surface area contributed by atoms with E-state index in [0.717, 1.165) is 38.7 Å². The minimum absolute atomic E-state index is 0. The molecule has 0 radical (unpaired) electrons. The first-order valence-electron chi connectivity index (χ1n) is 9.18. The van der Waals surface area contributed by atoms with Gasteiger partial charge in [0.25, 0.3) is 0 Å². The van der Waals surface area contributed by atoms with Crippen LogP contribution in [0, 0.1) is 5.41 Å². The fraction of sp³-hybridized carbons (Fsp3) is 0.941. The number of nitrogens with one attached hydrogen (secondary N) is 2. The number of guanidine groups is 1. The number of ether oxygens (including phenoxy) is 1. The minimum atomic E-state index is -2.90. The van der Waals surface area contributed by atoms with Gasteiger partial charge in [0.15, 0.2) is 5.96 Å². The highest BCUT2D eigenvalue weighted by Crippen LogP contribution is 2.41. The zero-order valence-corrected chi connectivity index (χ0v) is 19.1. The van der Waals surface area contributed by atoms with Gasteiger partial charge in [-0.2, -0.15) is 0 Å². The highest BCUT2D eigenvalue weighted by atomic mass is 127. The number of halogens is 1. The Kier molecular flexibility index (Phi) is 13.1. The fourth-order valence-corrected chi connectivity index (χ4v) is 3.84. The Hall–Kier alpha value is -0.0900. The molecular formula is C17H36IN3O3S. The molecule has 0 amide bonds. The molecule has 0 bridgehead atoms. The standard InChI is InChI=1S/C17H35N3O3S.HI/c1-4-18-16(19-12-8-14-24(3,21)22)20-15-17(9-6-7-10-17)11-13-23-5-2;/h4-15H2,1-3H3,(H2,18,19,20);1H. The van der Waals surface area contributed by atoms with Crippen molar-refractivity contribution in [3.63, 3.8) is 0 Å². The van der Waals surface area contributed by atoms with E-state index in [9.17, 15) is 8.42 Å². The van der Waals surface area contributed by atoms with Crippen molar-refractivity contribution in [2.75, 3.05) is 44.9 Å². The van der Waals surface area contributed by atoms with Crippen LogP contribution in [0.4, 0.5) is 0 Å². The smallest absolute Gasteiger partial charge is 0.191 e. The minimum Gasteiger partial charge on any atom is -0.382 e. The number of nitrogens with zero attached hydrogens (tertiary/aromatic N) is 1. The molecule has 0 aromatic heterocycles. The fourth-order valence-electron chi connectivity index (χ4n) is 3.17. The average Bonchev–Trinajstić information content (AvgIpc) is 2.97. The summed E-state index contributed by atoms with van der Waals surface area (Å²) in [6.45, 7) is 7.86. The van der Waals surface area contributed by atoms with Crippen LogP contribution in [-0.2, 0) is 14.6 Å². The SMILES string of the molecule is CCNC(=NCC1(CCOCC)CCCC1)NCCCS(C)(=O)=O.I. The Bertz CT molecular complexity index is 478. The van der Waals surface area contributed by atoms with Crippen molar-refractivity contribution in [3.8, 4) is 0 Å². The Labute approximate surface area is 170 Å². The van der Waals surface area contributed by atoms with E-state index in [2.05, 4.69) is 10.6 Å². The van der Waals surface area contributed by atoms with Crippen molar-refractivity contribution in [2.24, 2.45) is 10.4 Å². The van der Waals surface area contributed by atoms with E-state index in [1.54, 1.807) is 0 Å². The summed E-state index contributed by atoms with van der Waals surface area (Å²) in [5.41, 5.74) is 0.268. The molecule has 2 N–H and O–H groups in total. The lowest BCUT2D eigenvalue weighted by Gasteiger charge is -2.27. The van der Waals surface area contributed by atoms with Gasteiger partial charge in [0.2, 0.25) is 0 Å². The van der Waals surface area contributed by atoms with E-state index < -0.39 is 9.84 Å². The van der Waals surface area contributed by atoms with Gasteiger partial charge in [0.1, 0.15) is 9.84 Å². The summed E-state index contributed by atoms with van der Waals surface area (Å²) < 4.78 is 27.9. The normalized spacial score (nSPS) is 17.2. The van der Waals surface area contributed by atoms with E-state index >= 15 is 0 Å². The summed E-state index contributed by atoms with van der Waals surface area (Å²) in [5.74, 6) is 0.992. The molecular weight excluding hydrogens is 453 g/mol. The average molecular weight is 489 g/mol. The molecule has 0 aliphatic heterocycles. The van der Waals surface area contributed by atoms with E-state index in [1.165, 1.54) is 31.9 Å². The first kappa shape index (κ1) is 24.9. The van der Waals surface area contributed by atoms with Crippen LogP contribution in [0.3, 0.4) is 0 Å². The molecule has 8 heteroatoms. The molecule has 25 heavy (non-hydrogen) atoms. The largest absolute Gasteiger partial charge is 0.382 e. The lowest BCUT2D eigenvalue weighted by Crippen LogP contribution is -2.39. The van der Waals surface area contributed by atoms with Crippen LogP contribution in [0.5, 0.6) is 0 Å². The Morgan fingerprint density at radius 2 is 1.88 bits per heavy atom. The molecule has 0 unspecified atom stereocenters. The molecule has 0 atom stereocenters. The second kappa shape index (κ2) is 13.1. The van der Waals surface area contributed by atoms with Crippen molar-refractivity contribution in [1.29, 1.82) is 0 Å². The maximum atomic E-state index is 11.2. The lowest BCUT2D eigenvalue weighted by atomic mass is 9.83. The third kappa shape index (κ3) is 11.3. The van der Waals surface area contributed by atoms with Crippen molar-refractivity contribution >= 4 is 39.8 Å². The molecule has 0 saturated heterocycles. The number of sulfone groups is 1. The molecule has 1 aliphatic carbocycles. The summed E-state index contributed by atoms with van der Waals surface area (Å²) in [5, 5.41) is 6.49. The molecule has 1 fully saturated rings. The van der Waals surface area contributed by atoms with Gasteiger partial charge in [-0.1, -0.05) is 12.8 Å². The van der Waals surface area contributed by atoms with Crippen LogP contribution in [-0.4, -0.2) is 59.2 Å². The third-order valence-electron chi connectivity index (χ3n) is 4.55. The molecule has 6 nitrogen and oxygen atoms in total. The van der Waals surface area contributed by atoms with Gasteiger partial charge in [-0.3, -0.25) is 4.99 Å². The molecule has 1 rings (SSSR count). The highest BCUT2D eigenvalue weighted by Gasteiger charge is 2.33. The number of aliphatic imine (C=N–C) groups is 1. The maximum Gasteiger partial charge on any atom is 0.191 e. The highest BCUT2D eigenvalue weighted by molar-refractivity contribution is 14.0. The summed E-state index contributed by atoms with van der Waals surface area (Å²) in [7, 11) is -2.90. The van der Waals surface area contributed by atoms with Crippen LogP contribution >= 0.6 is 24.0 Å². The van der Waals surface area contributed by atoms with Crippen molar-refractivity contribution in [2.45, 2.75) is 52.4 Å². The molecule has 0 spiro atoms. The molecule has 1 saturated carbocycles. The molecule has 1 aliphatic rings. The first-order valence-corrected chi connectivity index (χ1v) is 11.2. The Balaban J connectivity index is 0.00000576. The lowest BCUT2D eigenvalue weighted by molar-refractivity contribution is 0.107. The van der Waals surface area contributed by atoms with E-state index in [0.29, 0.717) is 13.0 Å². The summed E-state index contributed by atoms with van der Waals surface area (Å²) in [6.07, 6.45) is 7.93. The van der Waals surface area contributed by atoms with Gasteiger partial charge in [0.05, 0.1) is 5.75 Å². The van der Waals surface area contributed by atoms with Crippen LogP contribution in [0.2, 0.25) is 0 Å². The van der Waals surface area contributed by atoms with Crippen molar-refractivity contribution in [1.82, 2.24) is 10.6 Å². The molecule has 0 heterocycles. The van der Waals surface area contributed by atoms with Gasteiger partial charge >= 0.3 is 0 Å². The molecule has 0 aromatic rings. The zero-order chi connectivity index (χ0) is 17.9. The zero-order valence-electron chi connectivity index (χ0n) is 16.0. The quantitative estimate of drug-likeness (QED) is 0.202. The third-order valence-corrected chi connectivity index (χ3v) is 5.58. The Morgan fingerprint density at radius 3 is 2.44 bits per heavy atom. The van der Waals surface area contributed by atoms with Crippen LogP contribution in [0.15, 0.2) is 4.99 Å². The number of rotatable bonds is 11. The van der Waals surface area contributed by atoms with Gasteiger partial charge in [-0.05, 0) is 44.9 Å². The van der Waals surface area contributed by atoms with Crippen LogP contribution < -0.4 is 10.6 Å². The molecule has 0 aromatic carbocycles. The van der Waals surface area contributed by atoms with Gasteiger partial charge in [0, 0.05) is 39.1 Å². The summed E-state index contributed by atoms with van der Waals surface area (Å²) in [6, 6.07) is 0. The monoisotopic (exact) mass is 489 g/mol. The first-order chi connectivity index (χ1) is 11.4.